The molecule has 26 heavy (non-hydrogen) atoms. The van der Waals surface area contributed by atoms with Crippen molar-refractivity contribution in [1.29, 1.82) is 0 Å². The Morgan fingerprint density at radius 2 is 1.69 bits per heavy atom. The van der Waals surface area contributed by atoms with Crippen LogP contribution in [0.1, 0.15) is 6.92 Å². The maximum atomic E-state index is 10.9. The molecule has 0 heterocycles. The van der Waals surface area contributed by atoms with E-state index in [1.54, 1.807) is 12.1 Å². The number of nitro benzene ring substituents is 1. The summed E-state index contributed by atoms with van der Waals surface area (Å²) in [5.41, 5.74) is 0.488. The molecule has 0 spiro atoms. The van der Waals surface area contributed by atoms with Gasteiger partial charge in [0.1, 0.15) is 17.2 Å². The van der Waals surface area contributed by atoms with E-state index in [9.17, 15) is 14.7 Å². The van der Waals surface area contributed by atoms with Crippen molar-refractivity contribution in [2.24, 2.45) is 0 Å². The van der Waals surface area contributed by atoms with Crippen LogP contribution in [-0.4, -0.2) is 25.7 Å². The number of rotatable bonds is 7. The van der Waals surface area contributed by atoms with Crippen molar-refractivity contribution in [2.75, 3.05) is 26.1 Å². The van der Waals surface area contributed by atoms with E-state index >= 15 is 0 Å². The fourth-order valence-electron chi connectivity index (χ4n) is 1.79. The molecule has 142 valence electrons. The molecule has 0 fully saturated rings. The molecule has 1 N–H and O–H groups in total. The molecule has 0 aliphatic carbocycles. The molecule has 2 aromatic carbocycles. The topological polar surface area (TPSA) is 99.9 Å². The summed E-state index contributed by atoms with van der Waals surface area (Å²) >= 11 is 3.35. The van der Waals surface area contributed by atoms with Crippen LogP contribution < -0.4 is 10.1 Å². The van der Waals surface area contributed by atoms with Crippen molar-refractivity contribution in [3.05, 3.63) is 57.1 Å². The summed E-state index contributed by atoms with van der Waals surface area (Å²) in [6.45, 7) is 2.48. The number of nitro groups is 1. The minimum atomic E-state index is -2.12. The number of benzene rings is 2. The highest BCUT2D eigenvalue weighted by Crippen LogP contribution is 2.31. The molecule has 0 saturated heterocycles. The molecule has 0 unspecified atom stereocenters. The van der Waals surface area contributed by atoms with Crippen LogP contribution in [0.4, 0.5) is 11.4 Å². The number of ether oxygens (including phenoxy) is 1. The van der Waals surface area contributed by atoms with Crippen LogP contribution in [0.3, 0.4) is 0 Å². The Labute approximate surface area is 160 Å². The van der Waals surface area contributed by atoms with Crippen LogP contribution in [0, 0.1) is 10.1 Å². The third-order valence-electron chi connectivity index (χ3n) is 2.91. The van der Waals surface area contributed by atoms with Crippen LogP contribution >= 0.6 is 24.2 Å². The van der Waals surface area contributed by atoms with Gasteiger partial charge in [-0.1, -0.05) is 15.9 Å². The normalized spacial score (nSPS) is 10.0. The number of anilines is 1. The van der Waals surface area contributed by atoms with Crippen molar-refractivity contribution in [3.8, 4) is 11.5 Å². The Kier molecular flexibility index (Phi) is 9.90. The summed E-state index contributed by atoms with van der Waals surface area (Å²) in [6.07, 6.45) is 0. The highest BCUT2D eigenvalue weighted by atomic mass is 79.9. The molecule has 8 nitrogen and oxygen atoms in total. The number of nitrogens with zero attached hydrogens (tertiary/aromatic N) is 1. The molecular formula is C16H20BrN2O6P. The second-order valence-electron chi connectivity index (χ2n) is 4.68. The van der Waals surface area contributed by atoms with Crippen LogP contribution in [-0.2, 0) is 13.6 Å². The van der Waals surface area contributed by atoms with Gasteiger partial charge in [-0.05, 0) is 37.3 Å². The van der Waals surface area contributed by atoms with Gasteiger partial charge in [-0.25, -0.2) is 0 Å². The van der Waals surface area contributed by atoms with Gasteiger partial charge in [0.25, 0.3) is 5.69 Å². The van der Waals surface area contributed by atoms with E-state index in [-0.39, 0.29) is 5.69 Å². The third kappa shape index (κ3) is 7.53. The Bertz CT molecular complexity index is 736. The first-order valence-corrected chi connectivity index (χ1v) is 9.50. The first-order chi connectivity index (χ1) is 12.4. The molecule has 0 aliphatic rings. The molecule has 0 bridgehead atoms. The van der Waals surface area contributed by atoms with E-state index in [2.05, 4.69) is 30.3 Å². The minimum Gasteiger partial charge on any atom is -0.457 e. The van der Waals surface area contributed by atoms with Crippen molar-refractivity contribution >= 4 is 35.6 Å². The maximum absolute atomic E-state index is 10.9. The standard InChI is InChI=1S/C14H13BrN2O3.C2H7O3P/c1-2-16-13-9-12(7-8-14(13)17(18)19)20-11-5-3-10(15)4-6-11;1-4-6(3)5-2/h3-9,16H,2H2,1H3;6H,1-2H3. The van der Waals surface area contributed by atoms with Crippen molar-refractivity contribution in [3.63, 3.8) is 0 Å². The Balaban J connectivity index is 0.000000487. The number of hydrogen-bond acceptors (Lipinski definition) is 7. The first kappa shape index (κ1) is 22.1. The average molecular weight is 447 g/mol. The maximum Gasteiger partial charge on any atom is 0.318 e. The predicted octanol–water partition coefficient (Wildman–Crippen LogP) is 5.25. The number of halogens is 1. The highest BCUT2D eigenvalue weighted by molar-refractivity contribution is 9.10. The second-order valence-corrected chi connectivity index (χ2v) is 6.91. The predicted molar refractivity (Wildman–Crippen MR) is 104 cm³/mol. The lowest BCUT2D eigenvalue weighted by molar-refractivity contribution is -0.384. The van der Waals surface area contributed by atoms with Crippen molar-refractivity contribution in [1.82, 2.24) is 0 Å². The summed E-state index contributed by atoms with van der Waals surface area (Å²) < 4.78 is 25.0. The lowest BCUT2D eigenvalue weighted by Crippen LogP contribution is -2.01. The average Bonchev–Trinajstić information content (AvgIpc) is 2.63. The molecule has 0 aromatic heterocycles. The quantitative estimate of drug-likeness (QED) is 0.352. The van der Waals surface area contributed by atoms with E-state index in [4.69, 9.17) is 4.74 Å². The van der Waals surface area contributed by atoms with Gasteiger partial charge in [0.15, 0.2) is 0 Å². The van der Waals surface area contributed by atoms with Gasteiger partial charge in [0, 0.05) is 37.4 Å². The number of hydrogen-bond donors (Lipinski definition) is 1. The van der Waals surface area contributed by atoms with Crippen molar-refractivity contribution < 1.29 is 23.3 Å². The Morgan fingerprint density at radius 3 is 2.15 bits per heavy atom. The van der Waals surface area contributed by atoms with Gasteiger partial charge in [-0.2, -0.15) is 0 Å². The van der Waals surface area contributed by atoms with Gasteiger partial charge in [-0.3, -0.25) is 14.7 Å². The fourth-order valence-corrected chi connectivity index (χ4v) is 2.22. The van der Waals surface area contributed by atoms with Gasteiger partial charge in [-0.15, -0.1) is 0 Å². The third-order valence-corrected chi connectivity index (χ3v) is 4.11. The van der Waals surface area contributed by atoms with Crippen LogP contribution in [0.2, 0.25) is 0 Å². The van der Waals surface area contributed by atoms with Gasteiger partial charge in [0.05, 0.1) is 4.92 Å². The lowest BCUT2D eigenvalue weighted by Gasteiger charge is -2.09. The van der Waals surface area contributed by atoms with Gasteiger partial charge >= 0.3 is 8.25 Å². The smallest absolute Gasteiger partial charge is 0.318 e. The molecule has 10 heteroatoms. The molecule has 0 atom stereocenters. The molecule has 0 saturated carbocycles. The van der Waals surface area contributed by atoms with E-state index < -0.39 is 13.2 Å². The zero-order valence-corrected chi connectivity index (χ0v) is 17.1. The van der Waals surface area contributed by atoms with Gasteiger partial charge < -0.3 is 19.1 Å². The lowest BCUT2D eigenvalue weighted by atomic mass is 10.2. The largest absolute Gasteiger partial charge is 0.457 e. The number of nitrogens with one attached hydrogen (secondary N) is 1. The summed E-state index contributed by atoms with van der Waals surface area (Å²) in [6, 6.07) is 12.0. The summed E-state index contributed by atoms with van der Waals surface area (Å²) in [5, 5.41) is 13.9. The highest BCUT2D eigenvalue weighted by Gasteiger charge is 2.14. The molecule has 0 amide bonds. The zero-order valence-electron chi connectivity index (χ0n) is 14.5. The summed E-state index contributed by atoms with van der Waals surface area (Å²) in [7, 11) is 0.558. The van der Waals surface area contributed by atoms with Crippen LogP contribution in [0.15, 0.2) is 46.9 Å². The molecule has 2 rings (SSSR count). The fraction of sp³-hybridized carbons (Fsp3) is 0.250. The molecular weight excluding hydrogens is 427 g/mol. The van der Waals surface area contributed by atoms with Crippen molar-refractivity contribution in [2.45, 2.75) is 6.92 Å². The zero-order chi connectivity index (χ0) is 19.5. The monoisotopic (exact) mass is 446 g/mol. The SMILES string of the molecule is CCNc1cc(Oc2ccc(Br)cc2)ccc1[N+](=O)[O-].CO[PH](=O)OC. The van der Waals surface area contributed by atoms with E-state index in [1.165, 1.54) is 20.3 Å². The van der Waals surface area contributed by atoms with E-state index in [0.29, 0.717) is 23.7 Å². The summed E-state index contributed by atoms with van der Waals surface area (Å²) in [4.78, 5) is 10.5. The first-order valence-electron chi connectivity index (χ1n) is 7.48. The van der Waals surface area contributed by atoms with Gasteiger partial charge in [0.2, 0.25) is 0 Å². The molecule has 2 aromatic rings. The van der Waals surface area contributed by atoms with E-state index in [0.717, 1.165) is 4.47 Å². The Morgan fingerprint density at radius 1 is 1.12 bits per heavy atom. The Hall–Kier alpha value is -1.93. The van der Waals surface area contributed by atoms with Crippen LogP contribution in [0.5, 0.6) is 11.5 Å². The molecule has 0 aliphatic heterocycles. The van der Waals surface area contributed by atoms with E-state index in [1.807, 2.05) is 31.2 Å². The van der Waals surface area contributed by atoms with Crippen LogP contribution in [0.25, 0.3) is 0 Å². The minimum absolute atomic E-state index is 0.0370. The molecule has 0 radical (unpaired) electrons. The second kappa shape index (κ2) is 11.6. The summed E-state index contributed by atoms with van der Waals surface area (Å²) in [5.74, 6) is 1.22.